The average Bonchev–Trinajstić information content (AvgIpc) is 2.52. The Hall–Kier alpha value is 0.650. The van der Waals surface area contributed by atoms with Gasteiger partial charge in [-0.25, -0.2) is 0 Å². The van der Waals surface area contributed by atoms with Gasteiger partial charge in [-0.3, -0.25) is 0 Å². The van der Waals surface area contributed by atoms with Crippen molar-refractivity contribution in [2.45, 2.75) is 55.6 Å². The molecule has 0 bridgehead atoms. The van der Waals surface area contributed by atoms with E-state index in [0.717, 1.165) is 19.4 Å². The molecule has 1 aliphatic rings. The monoisotopic (exact) mass is 311 g/mol. The van der Waals surface area contributed by atoms with E-state index in [0.29, 0.717) is 9.84 Å². The van der Waals surface area contributed by atoms with Crippen LogP contribution in [0.5, 0.6) is 0 Å². The van der Waals surface area contributed by atoms with Crippen molar-refractivity contribution in [2.75, 3.05) is 6.61 Å². The number of rotatable bonds is 5. The number of ether oxygens (including phenoxy) is 1. The van der Waals surface area contributed by atoms with Gasteiger partial charge >= 0.3 is 0 Å². The molecule has 2 nitrogen and oxygen atoms in total. The van der Waals surface area contributed by atoms with E-state index in [9.17, 15) is 0 Å². The molecule has 0 spiro atoms. The number of nitrogens with two attached hydrogens (primary N) is 1. The maximum atomic E-state index is 5.96. The summed E-state index contributed by atoms with van der Waals surface area (Å²) in [6, 6.07) is 0. The van der Waals surface area contributed by atoms with E-state index in [1.807, 2.05) is 0 Å². The van der Waals surface area contributed by atoms with E-state index in [2.05, 4.69) is 50.3 Å². The van der Waals surface area contributed by atoms with Crippen LogP contribution >= 0.6 is 22.6 Å². The molecule has 3 heteroatoms. The molecular formula is C11H22INO. The smallest absolute Gasteiger partial charge is 0.0636 e. The van der Waals surface area contributed by atoms with Gasteiger partial charge in [0.1, 0.15) is 0 Å². The van der Waals surface area contributed by atoms with E-state index in [-0.39, 0.29) is 11.1 Å². The lowest BCUT2D eigenvalue weighted by Gasteiger charge is -2.27. The summed E-state index contributed by atoms with van der Waals surface area (Å²) >= 11 is 2.44. The first kappa shape index (κ1) is 12.7. The number of hydrogen-bond acceptors (Lipinski definition) is 2. The Morgan fingerprint density at radius 1 is 1.64 bits per heavy atom. The topological polar surface area (TPSA) is 35.2 Å². The molecule has 84 valence electrons. The summed E-state index contributed by atoms with van der Waals surface area (Å²) in [5.41, 5.74) is 6.01. The van der Waals surface area contributed by atoms with Crippen LogP contribution in [0.25, 0.3) is 0 Å². The molecule has 0 aromatic rings. The lowest BCUT2D eigenvalue weighted by atomic mass is 10.0. The number of hydrogen-bond donors (Lipinski definition) is 1. The van der Waals surface area contributed by atoms with Crippen LogP contribution in [0.2, 0.25) is 0 Å². The highest BCUT2D eigenvalue weighted by Gasteiger charge is 2.47. The van der Waals surface area contributed by atoms with E-state index in [4.69, 9.17) is 10.5 Å². The van der Waals surface area contributed by atoms with E-state index in [1.165, 1.54) is 0 Å². The molecule has 1 saturated carbocycles. The van der Waals surface area contributed by atoms with E-state index < -0.39 is 0 Å². The zero-order chi connectivity index (χ0) is 11.0. The fourth-order valence-corrected chi connectivity index (χ4v) is 2.84. The van der Waals surface area contributed by atoms with Gasteiger partial charge in [0.25, 0.3) is 0 Å². The first-order valence-electron chi connectivity index (χ1n) is 5.30. The second-order valence-electron chi connectivity index (χ2n) is 5.46. The SMILES string of the molecule is CC(I)CC(C)(C)OCC1CC1(C)N. The Bertz CT molecular complexity index is 201. The van der Waals surface area contributed by atoms with Crippen molar-refractivity contribution >= 4 is 22.6 Å². The van der Waals surface area contributed by atoms with E-state index in [1.54, 1.807) is 0 Å². The molecule has 1 rings (SSSR count). The molecule has 0 aromatic heterocycles. The van der Waals surface area contributed by atoms with Crippen LogP contribution in [0, 0.1) is 5.92 Å². The lowest BCUT2D eigenvalue weighted by molar-refractivity contribution is -0.0294. The Morgan fingerprint density at radius 2 is 2.14 bits per heavy atom. The highest BCUT2D eigenvalue weighted by molar-refractivity contribution is 14.1. The Morgan fingerprint density at radius 3 is 2.50 bits per heavy atom. The highest BCUT2D eigenvalue weighted by atomic mass is 127. The molecule has 0 radical (unpaired) electrons. The van der Waals surface area contributed by atoms with Crippen molar-refractivity contribution in [3.05, 3.63) is 0 Å². The van der Waals surface area contributed by atoms with Gasteiger partial charge in [-0.05, 0) is 33.6 Å². The van der Waals surface area contributed by atoms with Crippen LogP contribution in [0.4, 0.5) is 0 Å². The van der Waals surface area contributed by atoms with E-state index >= 15 is 0 Å². The summed E-state index contributed by atoms with van der Waals surface area (Å²) in [5.74, 6) is 0.575. The van der Waals surface area contributed by atoms with Crippen molar-refractivity contribution in [1.82, 2.24) is 0 Å². The quantitative estimate of drug-likeness (QED) is 0.626. The lowest BCUT2D eigenvalue weighted by Crippen LogP contribution is -2.30. The molecule has 1 fully saturated rings. The molecule has 0 aliphatic heterocycles. The Balaban J connectivity index is 2.23. The molecule has 2 N–H and O–H groups in total. The Kier molecular flexibility index (Phi) is 3.87. The zero-order valence-corrected chi connectivity index (χ0v) is 11.8. The van der Waals surface area contributed by atoms with Gasteiger partial charge in [-0.1, -0.05) is 29.5 Å². The largest absolute Gasteiger partial charge is 0.375 e. The van der Waals surface area contributed by atoms with Gasteiger partial charge in [0.2, 0.25) is 0 Å². The summed E-state index contributed by atoms with van der Waals surface area (Å²) in [5, 5.41) is 0. The summed E-state index contributed by atoms with van der Waals surface area (Å²) in [4.78, 5) is 0. The molecule has 0 aromatic carbocycles. The van der Waals surface area contributed by atoms with Crippen molar-refractivity contribution in [1.29, 1.82) is 0 Å². The zero-order valence-electron chi connectivity index (χ0n) is 9.64. The van der Waals surface area contributed by atoms with Crippen molar-refractivity contribution < 1.29 is 4.74 Å². The van der Waals surface area contributed by atoms with Crippen LogP contribution < -0.4 is 5.73 Å². The molecule has 3 unspecified atom stereocenters. The maximum absolute atomic E-state index is 5.96. The molecule has 0 heterocycles. The fourth-order valence-electron chi connectivity index (χ4n) is 1.78. The normalized spacial score (nSPS) is 34.3. The fraction of sp³-hybridized carbons (Fsp3) is 1.00. The van der Waals surface area contributed by atoms with Crippen LogP contribution in [0.1, 0.15) is 40.5 Å². The second kappa shape index (κ2) is 4.26. The van der Waals surface area contributed by atoms with Gasteiger partial charge in [-0.15, -0.1) is 0 Å². The van der Waals surface area contributed by atoms with Gasteiger partial charge in [0.05, 0.1) is 12.2 Å². The third kappa shape index (κ3) is 4.03. The first-order valence-corrected chi connectivity index (χ1v) is 6.54. The molecule has 0 saturated heterocycles. The highest BCUT2D eigenvalue weighted by Crippen LogP contribution is 2.41. The van der Waals surface area contributed by atoms with Crippen molar-refractivity contribution in [3.63, 3.8) is 0 Å². The predicted molar refractivity (Wildman–Crippen MR) is 68.8 cm³/mol. The molecular weight excluding hydrogens is 289 g/mol. The van der Waals surface area contributed by atoms with Gasteiger partial charge in [0, 0.05) is 15.4 Å². The minimum Gasteiger partial charge on any atom is -0.375 e. The van der Waals surface area contributed by atoms with Gasteiger partial charge in [-0.2, -0.15) is 0 Å². The first-order chi connectivity index (χ1) is 6.23. The summed E-state index contributed by atoms with van der Waals surface area (Å²) in [6.07, 6.45) is 2.21. The minimum absolute atomic E-state index is 0.000718. The van der Waals surface area contributed by atoms with Crippen molar-refractivity contribution in [2.24, 2.45) is 11.7 Å². The maximum Gasteiger partial charge on any atom is 0.0636 e. The molecule has 1 aliphatic carbocycles. The van der Waals surface area contributed by atoms with Crippen LogP contribution in [-0.4, -0.2) is 21.7 Å². The average molecular weight is 311 g/mol. The summed E-state index contributed by atoms with van der Waals surface area (Å²) in [7, 11) is 0. The van der Waals surface area contributed by atoms with Gasteiger partial charge < -0.3 is 10.5 Å². The second-order valence-corrected chi connectivity index (χ2v) is 7.59. The molecule has 14 heavy (non-hydrogen) atoms. The van der Waals surface area contributed by atoms with Crippen LogP contribution in [-0.2, 0) is 4.74 Å². The molecule has 0 amide bonds. The number of alkyl halides is 1. The van der Waals surface area contributed by atoms with Crippen molar-refractivity contribution in [3.8, 4) is 0 Å². The Labute approximate surface area is 101 Å². The predicted octanol–water partition coefficient (Wildman–Crippen LogP) is 2.73. The van der Waals surface area contributed by atoms with Gasteiger partial charge in [0.15, 0.2) is 0 Å². The van der Waals surface area contributed by atoms with Crippen LogP contribution in [0.15, 0.2) is 0 Å². The minimum atomic E-state index is -0.000718. The third-order valence-electron chi connectivity index (χ3n) is 2.91. The third-order valence-corrected chi connectivity index (χ3v) is 3.35. The molecule has 3 atom stereocenters. The standard InChI is InChI=1S/C11H22INO/c1-8(12)5-10(2,3)14-7-9-6-11(9,4)13/h8-9H,5-7,13H2,1-4H3. The summed E-state index contributed by atoms with van der Waals surface area (Å²) < 4.78 is 6.57. The van der Waals surface area contributed by atoms with Crippen LogP contribution in [0.3, 0.4) is 0 Å². The summed E-state index contributed by atoms with van der Waals surface area (Å²) in [6.45, 7) is 9.48. The number of halogens is 1.